The molecule has 0 unspecified atom stereocenters. The van der Waals surface area contributed by atoms with Gasteiger partial charge in [0.2, 0.25) is 10.0 Å². The van der Waals surface area contributed by atoms with Crippen LogP contribution in [0.5, 0.6) is 0 Å². The molecule has 2 aromatic heterocycles. The summed E-state index contributed by atoms with van der Waals surface area (Å²) in [5, 5.41) is 15.8. The first-order chi connectivity index (χ1) is 12.7. The van der Waals surface area contributed by atoms with Crippen molar-refractivity contribution in [3.8, 4) is 0 Å². The molecular weight excluding hydrogens is 412 g/mol. The smallest absolute Gasteiger partial charge is 0.312 e. The number of thiophene rings is 1. The summed E-state index contributed by atoms with van der Waals surface area (Å²) < 4.78 is 25.4. The van der Waals surface area contributed by atoms with Gasteiger partial charge in [-0.15, -0.1) is 6.58 Å². The van der Waals surface area contributed by atoms with Crippen LogP contribution in [0.3, 0.4) is 0 Å². The monoisotopic (exact) mass is 424 g/mol. The third kappa shape index (κ3) is 3.88. The van der Waals surface area contributed by atoms with Crippen molar-refractivity contribution >= 4 is 53.8 Å². The maximum Gasteiger partial charge on any atom is 0.324 e. The highest BCUT2D eigenvalue weighted by atomic mass is 32.2. The molecule has 1 amide bonds. The van der Waals surface area contributed by atoms with Crippen LogP contribution in [-0.2, 0) is 16.6 Å². The largest absolute Gasteiger partial charge is 0.324 e. The van der Waals surface area contributed by atoms with E-state index < -0.39 is 20.9 Å². The quantitative estimate of drug-likeness (QED) is 0.380. The molecule has 0 radical (unpaired) electrons. The average Bonchev–Trinajstić information content (AvgIpc) is 3.20. The number of nitrogens with two attached hydrogens (primary N) is 1. The Bertz CT molecular complexity index is 1250. The molecule has 0 atom stereocenters. The summed E-state index contributed by atoms with van der Waals surface area (Å²) in [6, 6.07) is 6.95. The lowest BCUT2D eigenvalue weighted by Gasteiger charge is -2.02. The van der Waals surface area contributed by atoms with Gasteiger partial charge in [0, 0.05) is 12.6 Å². The second kappa shape index (κ2) is 7.15. The Morgan fingerprint density at radius 1 is 1.33 bits per heavy atom. The molecule has 3 rings (SSSR count). The van der Waals surface area contributed by atoms with Gasteiger partial charge in [0.05, 0.1) is 20.0 Å². The molecule has 0 fully saturated rings. The summed E-state index contributed by atoms with van der Waals surface area (Å²) in [5.74, 6) is -0.621. The van der Waals surface area contributed by atoms with E-state index in [9.17, 15) is 23.3 Å². The number of carbonyl (C=O) groups is 1. The second-order valence-electron chi connectivity index (χ2n) is 5.27. The van der Waals surface area contributed by atoms with Gasteiger partial charge in [-0.1, -0.05) is 28.7 Å². The minimum absolute atomic E-state index is 0.0474. The molecule has 0 spiro atoms. The van der Waals surface area contributed by atoms with Crippen molar-refractivity contribution in [3.05, 3.63) is 62.8 Å². The number of nitro groups is 1. The van der Waals surface area contributed by atoms with Gasteiger partial charge in [0.1, 0.15) is 4.88 Å². The molecule has 27 heavy (non-hydrogen) atoms. The molecule has 140 valence electrons. The third-order valence-electron chi connectivity index (χ3n) is 3.47. The summed E-state index contributed by atoms with van der Waals surface area (Å²) in [6.45, 7) is 4.01. The van der Waals surface area contributed by atoms with Gasteiger partial charge < -0.3 is 4.57 Å². The second-order valence-corrected chi connectivity index (χ2v) is 8.90. The maximum atomic E-state index is 12.4. The van der Waals surface area contributed by atoms with E-state index in [1.165, 1.54) is 24.3 Å². The lowest BCUT2D eigenvalue weighted by Crippen LogP contribution is -2.16. The highest BCUT2D eigenvalue weighted by molar-refractivity contribution is 7.89. The zero-order valence-electron chi connectivity index (χ0n) is 13.6. The van der Waals surface area contributed by atoms with Crippen molar-refractivity contribution in [2.24, 2.45) is 10.1 Å². The van der Waals surface area contributed by atoms with Crippen LogP contribution in [-0.4, -0.2) is 23.8 Å². The first-order valence-corrected chi connectivity index (χ1v) is 10.5. The van der Waals surface area contributed by atoms with Crippen LogP contribution in [0.2, 0.25) is 0 Å². The molecule has 0 bridgehead atoms. The average molecular weight is 424 g/mol. The Balaban J connectivity index is 2.14. The van der Waals surface area contributed by atoms with Gasteiger partial charge >= 0.3 is 5.00 Å². The molecule has 2 heterocycles. The van der Waals surface area contributed by atoms with E-state index in [4.69, 9.17) is 5.14 Å². The van der Waals surface area contributed by atoms with E-state index in [0.29, 0.717) is 21.6 Å². The highest BCUT2D eigenvalue weighted by Gasteiger charge is 2.16. The van der Waals surface area contributed by atoms with Crippen LogP contribution in [0, 0.1) is 10.1 Å². The molecule has 0 aliphatic carbocycles. The lowest BCUT2D eigenvalue weighted by atomic mass is 10.3. The number of thiazole rings is 1. The first kappa shape index (κ1) is 19.1. The molecule has 9 nitrogen and oxygen atoms in total. The van der Waals surface area contributed by atoms with Crippen molar-refractivity contribution in [3.63, 3.8) is 0 Å². The summed E-state index contributed by atoms with van der Waals surface area (Å²) in [7, 11) is -3.86. The van der Waals surface area contributed by atoms with Gasteiger partial charge in [-0.05, 0) is 24.3 Å². The summed E-state index contributed by atoms with van der Waals surface area (Å²) in [4.78, 5) is 27.0. The lowest BCUT2D eigenvalue weighted by molar-refractivity contribution is -0.380. The SMILES string of the molecule is C=CCn1c(=NC(=O)c2ccc([N+](=O)[O-])s2)sc2cc(S(N)(=O)=O)ccc21. The number of amides is 1. The van der Waals surface area contributed by atoms with E-state index >= 15 is 0 Å². The molecule has 3 aromatic rings. The number of primary sulfonamides is 1. The van der Waals surface area contributed by atoms with Crippen LogP contribution < -0.4 is 9.94 Å². The number of carbonyl (C=O) groups excluding carboxylic acids is 1. The highest BCUT2D eigenvalue weighted by Crippen LogP contribution is 2.25. The first-order valence-electron chi connectivity index (χ1n) is 7.31. The summed E-state index contributed by atoms with van der Waals surface area (Å²) in [5.41, 5.74) is 0.663. The number of sulfonamides is 1. The van der Waals surface area contributed by atoms with E-state index in [1.807, 2.05) is 0 Å². The van der Waals surface area contributed by atoms with E-state index in [1.54, 1.807) is 16.7 Å². The van der Waals surface area contributed by atoms with Crippen molar-refractivity contribution in [2.75, 3.05) is 0 Å². The number of allylic oxidation sites excluding steroid dienone is 1. The van der Waals surface area contributed by atoms with Crippen LogP contribution in [0.1, 0.15) is 9.67 Å². The molecular formula is C15H12N4O5S3. The van der Waals surface area contributed by atoms with Crippen LogP contribution in [0.25, 0.3) is 10.2 Å². The third-order valence-corrected chi connectivity index (χ3v) is 6.45. The fourth-order valence-corrected chi connectivity index (χ4v) is 4.70. The minimum Gasteiger partial charge on any atom is -0.312 e. The molecule has 0 aliphatic rings. The Morgan fingerprint density at radius 2 is 2.07 bits per heavy atom. The van der Waals surface area contributed by atoms with Gasteiger partial charge in [-0.3, -0.25) is 14.9 Å². The van der Waals surface area contributed by atoms with Crippen molar-refractivity contribution < 1.29 is 18.1 Å². The molecule has 12 heteroatoms. The predicted octanol–water partition coefficient (Wildman–Crippen LogP) is 2.25. The van der Waals surface area contributed by atoms with Crippen LogP contribution in [0.4, 0.5) is 5.00 Å². The van der Waals surface area contributed by atoms with Crippen LogP contribution >= 0.6 is 22.7 Å². The van der Waals surface area contributed by atoms with E-state index in [2.05, 4.69) is 11.6 Å². The zero-order valence-corrected chi connectivity index (χ0v) is 16.0. The standard InChI is InChI=1S/C15H12N4O5S3/c1-2-7-18-10-4-3-9(27(16,23)24)8-12(10)26-15(18)17-14(20)11-5-6-13(25-11)19(21)22/h2-6,8H,1,7H2,(H2,16,23,24). The number of nitrogens with zero attached hydrogens (tertiary/aromatic N) is 3. The molecule has 1 aromatic carbocycles. The number of aromatic nitrogens is 1. The normalized spacial score (nSPS) is 12.4. The minimum atomic E-state index is -3.86. The number of rotatable bonds is 5. The Labute approximate surface area is 160 Å². The molecule has 2 N–H and O–H groups in total. The van der Waals surface area contributed by atoms with Crippen molar-refractivity contribution in [2.45, 2.75) is 11.4 Å². The van der Waals surface area contributed by atoms with Gasteiger partial charge in [0.25, 0.3) is 5.91 Å². The zero-order chi connectivity index (χ0) is 19.8. The van der Waals surface area contributed by atoms with Crippen LogP contribution in [0.15, 0.2) is 52.9 Å². The van der Waals surface area contributed by atoms with Crippen molar-refractivity contribution in [1.29, 1.82) is 0 Å². The topological polar surface area (TPSA) is 138 Å². The maximum absolute atomic E-state index is 12.4. The predicted molar refractivity (Wildman–Crippen MR) is 102 cm³/mol. The van der Waals surface area contributed by atoms with E-state index in [0.717, 1.165) is 22.7 Å². The fraction of sp³-hybridized carbons (Fsp3) is 0.0667. The summed E-state index contributed by atoms with van der Waals surface area (Å²) >= 11 is 1.85. The van der Waals surface area contributed by atoms with Gasteiger partial charge in [0.15, 0.2) is 4.80 Å². The van der Waals surface area contributed by atoms with Gasteiger partial charge in [-0.25, -0.2) is 13.6 Å². The molecule has 0 aliphatic heterocycles. The fourth-order valence-electron chi connectivity index (χ4n) is 2.30. The number of hydrogen-bond donors (Lipinski definition) is 1. The van der Waals surface area contributed by atoms with E-state index in [-0.39, 0.29) is 14.8 Å². The number of benzene rings is 1. The van der Waals surface area contributed by atoms with Crippen molar-refractivity contribution in [1.82, 2.24) is 4.57 Å². The summed E-state index contributed by atoms with van der Waals surface area (Å²) in [6.07, 6.45) is 1.61. The Hall–Kier alpha value is -2.67. The van der Waals surface area contributed by atoms with Gasteiger partial charge in [-0.2, -0.15) is 4.99 Å². The number of fused-ring (bicyclic) bond motifs is 1. The molecule has 0 saturated carbocycles. The number of hydrogen-bond acceptors (Lipinski definition) is 7. The Morgan fingerprint density at radius 3 is 2.67 bits per heavy atom. The Kier molecular flexibility index (Phi) is 5.06. The molecule has 0 saturated heterocycles.